The number of carbonyl (C=O) groups excluding carboxylic acids is 1. The first-order valence-electron chi connectivity index (χ1n) is 9.77. The second kappa shape index (κ2) is 13.9. The van der Waals surface area contributed by atoms with Gasteiger partial charge < -0.3 is 23.7 Å². The number of aliphatic imine (C=N–C) groups is 1. The Balaban J connectivity index is 1.87. The van der Waals surface area contributed by atoms with E-state index in [0.717, 1.165) is 11.4 Å². The number of nitrogens with zero attached hydrogens (tertiary/aromatic N) is 1. The molecule has 0 heterocycles. The maximum absolute atomic E-state index is 12.4. The zero-order valence-electron chi connectivity index (χ0n) is 17.8. The van der Waals surface area contributed by atoms with Crippen LogP contribution in [0.4, 0.5) is 5.69 Å². The Bertz CT molecular complexity index is 886. The third-order valence-corrected chi connectivity index (χ3v) is 4.06. The number of rotatable bonds is 13. The minimum absolute atomic E-state index is 0.131. The van der Waals surface area contributed by atoms with Crippen molar-refractivity contribution in [2.24, 2.45) is 4.99 Å². The van der Waals surface area contributed by atoms with Crippen LogP contribution in [0, 0.1) is 12.3 Å². The van der Waals surface area contributed by atoms with E-state index >= 15 is 0 Å². The highest BCUT2D eigenvalue weighted by Gasteiger charge is 2.09. The smallest absolute Gasteiger partial charge is 0.338 e. The summed E-state index contributed by atoms with van der Waals surface area (Å²) in [4.78, 5) is 16.8. The van der Waals surface area contributed by atoms with E-state index in [1.165, 1.54) is 0 Å². The minimum Gasteiger partial charge on any atom is -0.497 e. The molecule has 0 bridgehead atoms. The Labute approximate surface area is 182 Å². The van der Waals surface area contributed by atoms with Crippen LogP contribution in [0.15, 0.2) is 47.5 Å². The summed E-state index contributed by atoms with van der Waals surface area (Å²) in [5.41, 5.74) is 2.37. The molecule has 0 aliphatic rings. The van der Waals surface area contributed by atoms with E-state index in [1.807, 2.05) is 24.3 Å². The number of hydrogen-bond donors (Lipinski definition) is 0. The topological polar surface area (TPSA) is 75.6 Å². The summed E-state index contributed by atoms with van der Waals surface area (Å²) >= 11 is 0. The van der Waals surface area contributed by atoms with Crippen molar-refractivity contribution in [1.82, 2.24) is 0 Å². The van der Waals surface area contributed by atoms with Crippen LogP contribution in [0.25, 0.3) is 0 Å². The predicted molar refractivity (Wildman–Crippen MR) is 118 cm³/mol. The fourth-order valence-corrected chi connectivity index (χ4v) is 2.49. The summed E-state index contributed by atoms with van der Waals surface area (Å²) in [6.45, 7) is 2.34. The van der Waals surface area contributed by atoms with Gasteiger partial charge in [0.05, 0.1) is 51.4 Å². The molecule has 2 aromatic rings. The first-order chi connectivity index (χ1) is 15.2. The highest BCUT2D eigenvalue weighted by molar-refractivity contribution is 5.93. The Hall–Kier alpha value is -3.18. The Morgan fingerprint density at radius 3 is 2.29 bits per heavy atom. The first kappa shape index (κ1) is 24.1. The molecule has 7 heteroatoms. The van der Waals surface area contributed by atoms with Crippen molar-refractivity contribution in [3.63, 3.8) is 0 Å². The van der Waals surface area contributed by atoms with Gasteiger partial charge in [-0.1, -0.05) is 5.92 Å². The van der Waals surface area contributed by atoms with Crippen molar-refractivity contribution in [3.8, 4) is 18.1 Å². The van der Waals surface area contributed by atoms with Gasteiger partial charge in [0.25, 0.3) is 0 Å². The zero-order chi connectivity index (χ0) is 22.3. The molecular formula is C24H27NO6. The second-order valence-electron chi connectivity index (χ2n) is 6.30. The number of carbonyl (C=O) groups is 1. The highest BCUT2D eigenvalue weighted by atomic mass is 16.6. The lowest BCUT2D eigenvalue weighted by atomic mass is 10.1. The summed E-state index contributed by atoms with van der Waals surface area (Å²) in [5.74, 6) is 2.82. The lowest BCUT2D eigenvalue weighted by molar-refractivity contribution is 0.00570. The van der Waals surface area contributed by atoms with Crippen LogP contribution < -0.4 is 4.74 Å². The maximum Gasteiger partial charge on any atom is 0.338 e. The van der Waals surface area contributed by atoms with Crippen molar-refractivity contribution in [3.05, 3.63) is 59.2 Å². The van der Waals surface area contributed by atoms with Crippen molar-refractivity contribution < 1.29 is 28.5 Å². The van der Waals surface area contributed by atoms with Gasteiger partial charge >= 0.3 is 5.97 Å². The van der Waals surface area contributed by atoms with Gasteiger partial charge in [-0.2, -0.15) is 0 Å². The largest absolute Gasteiger partial charge is 0.497 e. The standard InChI is InChI=1S/C24H27NO6/c1-4-19-15-20(18-25-22-5-7-23(28-3)8-6-22)17-21(16-19)24(26)31-14-13-30-12-11-29-10-9-27-2/h1,5-8,15-18H,9-14H2,2-3H3. The van der Waals surface area contributed by atoms with Crippen LogP contribution in [-0.4, -0.2) is 66.0 Å². The minimum atomic E-state index is -0.476. The number of terminal acetylenes is 1. The lowest BCUT2D eigenvalue weighted by Gasteiger charge is -2.08. The molecule has 0 amide bonds. The van der Waals surface area contributed by atoms with Gasteiger partial charge in [-0.05, 0) is 48.0 Å². The first-order valence-corrected chi connectivity index (χ1v) is 9.77. The summed E-state index contributed by atoms with van der Waals surface area (Å²) in [6, 6.07) is 12.4. The van der Waals surface area contributed by atoms with E-state index in [-0.39, 0.29) is 13.2 Å². The van der Waals surface area contributed by atoms with E-state index in [4.69, 9.17) is 30.1 Å². The lowest BCUT2D eigenvalue weighted by Crippen LogP contribution is -2.14. The molecule has 164 valence electrons. The van der Waals surface area contributed by atoms with Gasteiger partial charge in [-0.15, -0.1) is 6.42 Å². The summed E-state index contributed by atoms with van der Waals surface area (Å²) in [6.07, 6.45) is 7.17. The molecule has 0 saturated heterocycles. The molecule has 0 aliphatic heterocycles. The van der Waals surface area contributed by atoms with Crippen molar-refractivity contribution >= 4 is 17.9 Å². The molecule has 31 heavy (non-hydrogen) atoms. The van der Waals surface area contributed by atoms with Crippen LogP contribution in [0.2, 0.25) is 0 Å². The molecular weight excluding hydrogens is 398 g/mol. The normalized spacial score (nSPS) is 10.7. The van der Waals surface area contributed by atoms with Crippen molar-refractivity contribution in [1.29, 1.82) is 0 Å². The quantitative estimate of drug-likeness (QED) is 0.212. The monoisotopic (exact) mass is 425 g/mol. The number of esters is 1. The number of hydrogen-bond acceptors (Lipinski definition) is 7. The van der Waals surface area contributed by atoms with E-state index in [0.29, 0.717) is 43.1 Å². The molecule has 0 radical (unpaired) electrons. The molecule has 0 N–H and O–H groups in total. The molecule has 0 aliphatic carbocycles. The fourth-order valence-electron chi connectivity index (χ4n) is 2.49. The third kappa shape index (κ3) is 9.01. The zero-order valence-corrected chi connectivity index (χ0v) is 17.8. The van der Waals surface area contributed by atoms with E-state index in [9.17, 15) is 4.79 Å². The third-order valence-electron chi connectivity index (χ3n) is 4.06. The average Bonchev–Trinajstić information content (AvgIpc) is 2.81. The Morgan fingerprint density at radius 1 is 0.968 bits per heavy atom. The molecule has 0 fully saturated rings. The van der Waals surface area contributed by atoms with E-state index in [1.54, 1.807) is 38.6 Å². The van der Waals surface area contributed by atoms with Crippen molar-refractivity contribution in [2.75, 3.05) is 53.9 Å². The number of benzene rings is 2. The average molecular weight is 425 g/mol. The second-order valence-corrected chi connectivity index (χ2v) is 6.30. The fraction of sp³-hybridized carbons (Fsp3) is 0.333. The summed E-state index contributed by atoms with van der Waals surface area (Å²) in [7, 11) is 3.22. The van der Waals surface area contributed by atoms with Gasteiger partial charge in [-0.25, -0.2) is 4.79 Å². The van der Waals surface area contributed by atoms with Gasteiger partial charge in [0, 0.05) is 18.9 Å². The number of ether oxygens (including phenoxy) is 5. The molecule has 0 unspecified atom stereocenters. The molecule has 0 aromatic heterocycles. The summed E-state index contributed by atoms with van der Waals surface area (Å²) < 4.78 is 25.9. The predicted octanol–water partition coefficient (Wildman–Crippen LogP) is 3.26. The van der Waals surface area contributed by atoms with Crippen LogP contribution in [-0.2, 0) is 18.9 Å². The van der Waals surface area contributed by atoms with Gasteiger partial charge in [0.1, 0.15) is 12.4 Å². The highest BCUT2D eigenvalue weighted by Crippen LogP contribution is 2.18. The molecule has 2 rings (SSSR count). The molecule has 0 saturated carbocycles. The summed E-state index contributed by atoms with van der Waals surface area (Å²) in [5, 5.41) is 0. The SMILES string of the molecule is C#Cc1cc(C=Nc2ccc(OC)cc2)cc(C(=O)OCCOCCOCCOC)c1. The van der Waals surface area contributed by atoms with Crippen molar-refractivity contribution in [2.45, 2.75) is 0 Å². The van der Waals surface area contributed by atoms with Crippen LogP contribution in [0.5, 0.6) is 5.75 Å². The maximum atomic E-state index is 12.4. The van der Waals surface area contributed by atoms with Crippen LogP contribution in [0.1, 0.15) is 21.5 Å². The molecule has 0 atom stereocenters. The van der Waals surface area contributed by atoms with Gasteiger partial charge in [-0.3, -0.25) is 4.99 Å². The van der Waals surface area contributed by atoms with Crippen LogP contribution in [0.3, 0.4) is 0 Å². The van der Waals surface area contributed by atoms with E-state index in [2.05, 4.69) is 10.9 Å². The van der Waals surface area contributed by atoms with E-state index < -0.39 is 5.97 Å². The molecule has 0 spiro atoms. The Kier molecular flexibility index (Phi) is 10.8. The van der Waals surface area contributed by atoms with Crippen LogP contribution >= 0.6 is 0 Å². The Morgan fingerprint density at radius 2 is 1.65 bits per heavy atom. The van der Waals surface area contributed by atoms with Gasteiger partial charge in [0.15, 0.2) is 0 Å². The molecule has 2 aromatic carbocycles. The van der Waals surface area contributed by atoms with Gasteiger partial charge in [0.2, 0.25) is 0 Å². The molecule has 7 nitrogen and oxygen atoms in total. The number of methoxy groups -OCH3 is 2.